The van der Waals surface area contributed by atoms with Gasteiger partial charge >= 0.3 is 0 Å². The number of aryl methyl sites for hydroxylation is 2. The number of ether oxygens (including phenoxy) is 1. The molecule has 0 aliphatic carbocycles. The molecule has 0 aliphatic rings. The lowest BCUT2D eigenvalue weighted by molar-refractivity contribution is 0.282. The summed E-state index contributed by atoms with van der Waals surface area (Å²) in [5, 5.41) is 8.31. The molecule has 0 saturated carbocycles. The van der Waals surface area contributed by atoms with Crippen LogP contribution in [0.5, 0.6) is 5.75 Å². The van der Waals surface area contributed by atoms with Crippen LogP contribution in [0.2, 0.25) is 0 Å². The van der Waals surface area contributed by atoms with E-state index in [2.05, 4.69) is 54.2 Å². The van der Waals surface area contributed by atoms with Gasteiger partial charge in [0.15, 0.2) is 0 Å². The first-order valence-corrected chi connectivity index (χ1v) is 8.26. The molecule has 0 unspecified atom stereocenters. The van der Waals surface area contributed by atoms with Gasteiger partial charge in [-0.1, -0.05) is 23.8 Å². The first kappa shape index (κ1) is 17.2. The van der Waals surface area contributed by atoms with Crippen LogP contribution in [0.4, 0.5) is 0 Å². The van der Waals surface area contributed by atoms with Gasteiger partial charge in [0.05, 0.1) is 13.7 Å². The topological polar surface area (TPSA) is 51.4 Å². The van der Waals surface area contributed by atoms with Gasteiger partial charge in [0.25, 0.3) is 0 Å². The zero-order chi connectivity index (χ0) is 17.8. The summed E-state index contributed by atoms with van der Waals surface area (Å²) in [5.74, 6) is 1.94. The minimum absolute atomic E-state index is 0.526. The fourth-order valence-electron chi connectivity index (χ4n) is 2.77. The highest BCUT2D eigenvalue weighted by molar-refractivity contribution is 5.53. The summed E-state index contributed by atoms with van der Waals surface area (Å²) in [4.78, 5) is 2.17. The van der Waals surface area contributed by atoms with Crippen LogP contribution in [-0.4, -0.2) is 29.3 Å². The largest absolute Gasteiger partial charge is 0.497 e. The molecular weight excluding hydrogens is 314 g/mol. The molecule has 130 valence electrons. The highest BCUT2D eigenvalue weighted by Crippen LogP contribution is 2.21. The molecule has 1 aromatic heterocycles. The zero-order valence-electron chi connectivity index (χ0n) is 15.1. The minimum Gasteiger partial charge on any atom is -0.497 e. The molecule has 0 atom stereocenters. The predicted molar refractivity (Wildman–Crippen MR) is 97.4 cm³/mol. The summed E-state index contributed by atoms with van der Waals surface area (Å²) in [5.41, 5.74) is 4.78. The molecule has 5 heteroatoms. The summed E-state index contributed by atoms with van der Waals surface area (Å²) < 4.78 is 11.0. The third-order valence-corrected chi connectivity index (χ3v) is 4.15. The van der Waals surface area contributed by atoms with Crippen molar-refractivity contribution in [3.63, 3.8) is 0 Å². The Hall–Kier alpha value is -2.66. The number of rotatable bonds is 6. The van der Waals surface area contributed by atoms with E-state index in [-0.39, 0.29) is 0 Å². The normalized spacial score (nSPS) is 11.1. The Morgan fingerprint density at radius 3 is 2.44 bits per heavy atom. The maximum Gasteiger partial charge on any atom is 0.247 e. The van der Waals surface area contributed by atoms with E-state index in [0.717, 1.165) is 17.9 Å². The Balaban J connectivity index is 1.65. The van der Waals surface area contributed by atoms with Crippen molar-refractivity contribution in [2.75, 3.05) is 14.2 Å². The molecule has 0 radical (unpaired) electrons. The quantitative estimate of drug-likeness (QED) is 0.680. The van der Waals surface area contributed by atoms with E-state index in [0.29, 0.717) is 18.3 Å². The molecule has 0 bridgehead atoms. The molecule has 0 fully saturated rings. The molecule has 0 saturated heterocycles. The van der Waals surface area contributed by atoms with Crippen molar-refractivity contribution in [2.24, 2.45) is 0 Å². The molecule has 0 amide bonds. The maximum absolute atomic E-state index is 5.80. The van der Waals surface area contributed by atoms with Crippen molar-refractivity contribution in [3.8, 4) is 17.2 Å². The molecule has 3 rings (SSSR count). The Morgan fingerprint density at radius 2 is 1.76 bits per heavy atom. The number of nitrogens with zero attached hydrogens (tertiary/aromatic N) is 3. The van der Waals surface area contributed by atoms with Crippen LogP contribution >= 0.6 is 0 Å². The van der Waals surface area contributed by atoms with Gasteiger partial charge in [-0.3, -0.25) is 4.90 Å². The van der Waals surface area contributed by atoms with Gasteiger partial charge < -0.3 is 9.15 Å². The van der Waals surface area contributed by atoms with Crippen molar-refractivity contribution < 1.29 is 9.15 Å². The van der Waals surface area contributed by atoms with E-state index in [1.54, 1.807) is 7.11 Å². The van der Waals surface area contributed by atoms with E-state index in [1.807, 2.05) is 24.3 Å². The number of hydrogen-bond donors (Lipinski definition) is 0. The SMILES string of the molecule is COc1ccc(-c2nnc(CN(C)Cc3ccc(C)cc3C)o2)cc1. The summed E-state index contributed by atoms with van der Waals surface area (Å²) in [6.45, 7) is 5.70. The standard InChI is InChI=1S/C20H23N3O2/c1-14-5-6-17(15(2)11-14)12-23(3)13-19-21-22-20(25-19)16-7-9-18(24-4)10-8-16/h5-11H,12-13H2,1-4H3. The number of aromatic nitrogens is 2. The van der Waals surface area contributed by atoms with Crippen LogP contribution in [-0.2, 0) is 13.1 Å². The van der Waals surface area contributed by atoms with Gasteiger partial charge in [-0.05, 0) is 56.3 Å². The lowest BCUT2D eigenvalue weighted by Gasteiger charge is -2.16. The first-order chi connectivity index (χ1) is 12.0. The van der Waals surface area contributed by atoms with Crippen LogP contribution in [0.1, 0.15) is 22.6 Å². The fourth-order valence-corrected chi connectivity index (χ4v) is 2.77. The van der Waals surface area contributed by atoms with Gasteiger partial charge in [-0.15, -0.1) is 10.2 Å². The van der Waals surface area contributed by atoms with Gasteiger partial charge in [0.2, 0.25) is 11.8 Å². The Labute approximate surface area is 148 Å². The van der Waals surface area contributed by atoms with Crippen LogP contribution in [0, 0.1) is 13.8 Å². The summed E-state index contributed by atoms with van der Waals surface area (Å²) in [6, 6.07) is 14.1. The minimum atomic E-state index is 0.526. The highest BCUT2D eigenvalue weighted by atomic mass is 16.5. The Kier molecular flexibility index (Phi) is 5.14. The van der Waals surface area contributed by atoms with Crippen molar-refractivity contribution >= 4 is 0 Å². The van der Waals surface area contributed by atoms with Gasteiger partial charge in [-0.2, -0.15) is 0 Å². The van der Waals surface area contributed by atoms with E-state index in [9.17, 15) is 0 Å². The summed E-state index contributed by atoms with van der Waals surface area (Å²) in [7, 11) is 3.70. The summed E-state index contributed by atoms with van der Waals surface area (Å²) >= 11 is 0. The van der Waals surface area contributed by atoms with Gasteiger partial charge in [0, 0.05) is 12.1 Å². The number of hydrogen-bond acceptors (Lipinski definition) is 5. The van der Waals surface area contributed by atoms with Crippen molar-refractivity contribution in [2.45, 2.75) is 26.9 Å². The molecule has 1 heterocycles. The molecule has 0 aliphatic heterocycles. The lowest BCUT2D eigenvalue weighted by atomic mass is 10.1. The van der Waals surface area contributed by atoms with Crippen molar-refractivity contribution in [1.82, 2.24) is 15.1 Å². The van der Waals surface area contributed by atoms with Crippen LogP contribution in [0.3, 0.4) is 0 Å². The molecule has 0 N–H and O–H groups in total. The van der Waals surface area contributed by atoms with Crippen molar-refractivity contribution in [3.05, 3.63) is 65.0 Å². The summed E-state index contributed by atoms with van der Waals surface area (Å²) in [6.07, 6.45) is 0. The van der Waals surface area contributed by atoms with Crippen LogP contribution in [0.15, 0.2) is 46.9 Å². The first-order valence-electron chi connectivity index (χ1n) is 8.26. The van der Waals surface area contributed by atoms with Crippen LogP contribution in [0.25, 0.3) is 11.5 Å². The third kappa shape index (κ3) is 4.25. The van der Waals surface area contributed by atoms with E-state index >= 15 is 0 Å². The average Bonchev–Trinajstić information content (AvgIpc) is 3.06. The number of benzene rings is 2. The molecule has 0 spiro atoms. The third-order valence-electron chi connectivity index (χ3n) is 4.15. The Morgan fingerprint density at radius 1 is 1.00 bits per heavy atom. The second-order valence-electron chi connectivity index (χ2n) is 6.33. The molecule has 5 nitrogen and oxygen atoms in total. The zero-order valence-corrected chi connectivity index (χ0v) is 15.1. The van der Waals surface area contributed by atoms with Crippen LogP contribution < -0.4 is 4.74 Å². The predicted octanol–water partition coefficient (Wildman–Crippen LogP) is 3.99. The molecule has 25 heavy (non-hydrogen) atoms. The highest BCUT2D eigenvalue weighted by Gasteiger charge is 2.12. The van der Waals surface area contributed by atoms with E-state index in [1.165, 1.54) is 16.7 Å². The van der Waals surface area contributed by atoms with E-state index < -0.39 is 0 Å². The second kappa shape index (κ2) is 7.49. The van der Waals surface area contributed by atoms with E-state index in [4.69, 9.17) is 9.15 Å². The smallest absolute Gasteiger partial charge is 0.247 e. The van der Waals surface area contributed by atoms with Gasteiger partial charge in [0.1, 0.15) is 5.75 Å². The molecule has 3 aromatic rings. The fraction of sp³-hybridized carbons (Fsp3) is 0.300. The Bertz CT molecular complexity index is 840. The molecular formula is C20H23N3O2. The maximum atomic E-state index is 5.80. The van der Waals surface area contributed by atoms with Crippen molar-refractivity contribution in [1.29, 1.82) is 0 Å². The lowest BCUT2D eigenvalue weighted by Crippen LogP contribution is -2.18. The number of methoxy groups -OCH3 is 1. The average molecular weight is 337 g/mol. The van der Waals surface area contributed by atoms with Gasteiger partial charge in [-0.25, -0.2) is 0 Å². The second-order valence-corrected chi connectivity index (χ2v) is 6.33. The monoisotopic (exact) mass is 337 g/mol. The molecule has 2 aromatic carbocycles.